The largest absolute Gasteiger partial charge is 0.337 e. The molecule has 1 aliphatic heterocycles. The molecule has 1 amide bonds. The van der Waals surface area contributed by atoms with E-state index in [9.17, 15) is 4.79 Å². The fourth-order valence-electron chi connectivity index (χ4n) is 3.57. The molecule has 0 saturated heterocycles. The zero-order valence-electron chi connectivity index (χ0n) is 15.6. The predicted octanol–water partition coefficient (Wildman–Crippen LogP) is 3.23. The first-order valence-electron chi connectivity index (χ1n) is 9.43. The summed E-state index contributed by atoms with van der Waals surface area (Å²) in [6, 6.07) is 11.9. The van der Waals surface area contributed by atoms with Crippen molar-refractivity contribution in [2.45, 2.75) is 12.8 Å². The zero-order valence-corrected chi connectivity index (χ0v) is 16.4. The molecule has 0 spiro atoms. The van der Waals surface area contributed by atoms with Crippen LogP contribution >= 0.6 is 11.3 Å². The number of H-pyrrole nitrogens is 1. The van der Waals surface area contributed by atoms with Crippen LogP contribution in [0.4, 0.5) is 0 Å². The second-order valence-electron chi connectivity index (χ2n) is 6.80. The standard InChI is InChI=1S/C21H18N6OS/c28-21(17-13-29-20(24-17)19-22-9-4-10-23-19)27-11-7-15-16(8-12-27)25-26-18(15)14-5-2-1-3-6-14/h1-6,9-10,13H,7-8,11-12H2,(H,25,26). The molecular formula is C21H18N6OS. The van der Waals surface area contributed by atoms with E-state index in [2.05, 4.69) is 37.3 Å². The minimum atomic E-state index is -0.0530. The van der Waals surface area contributed by atoms with Gasteiger partial charge in [-0.15, -0.1) is 11.3 Å². The van der Waals surface area contributed by atoms with Crippen LogP contribution in [0.2, 0.25) is 0 Å². The molecule has 0 fully saturated rings. The van der Waals surface area contributed by atoms with Gasteiger partial charge in [0.1, 0.15) is 5.69 Å². The summed E-state index contributed by atoms with van der Waals surface area (Å²) >= 11 is 1.39. The molecule has 0 bridgehead atoms. The van der Waals surface area contributed by atoms with Gasteiger partial charge in [-0.2, -0.15) is 5.10 Å². The average Bonchev–Trinajstić information content (AvgIpc) is 3.38. The molecule has 3 aromatic heterocycles. The Morgan fingerprint density at radius 1 is 1.03 bits per heavy atom. The van der Waals surface area contributed by atoms with Crippen LogP contribution in [0.1, 0.15) is 21.7 Å². The van der Waals surface area contributed by atoms with Crippen LogP contribution in [0.5, 0.6) is 0 Å². The van der Waals surface area contributed by atoms with E-state index in [1.54, 1.807) is 23.8 Å². The van der Waals surface area contributed by atoms with Crippen molar-refractivity contribution >= 4 is 17.2 Å². The summed E-state index contributed by atoms with van der Waals surface area (Å²) in [7, 11) is 0. The van der Waals surface area contributed by atoms with Crippen LogP contribution in [0.15, 0.2) is 54.2 Å². The molecule has 7 nitrogen and oxygen atoms in total. The molecule has 0 unspecified atom stereocenters. The Balaban J connectivity index is 1.34. The van der Waals surface area contributed by atoms with Crippen molar-refractivity contribution in [2.75, 3.05) is 13.1 Å². The van der Waals surface area contributed by atoms with Gasteiger partial charge < -0.3 is 4.90 Å². The molecule has 0 aliphatic carbocycles. The van der Waals surface area contributed by atoms with Crippen molar-refractivity contribution in [1.82, 2.24) is 30.0 Å². The molecule has 0 radical (unpaired) electrons. The van der Waals surface area contributed by atoms with Crippen LogP contribution in [0.3, 0.4) is 0 Å². The third-order valence-electron chi connectivity index (χ3n) is 5.03. The number of rotatable bonds is 3. The number of hydrogen-bond donors (Lipinski definition) is 1. The van der Waals surface area contributed by atoms with Gasteiger partial charge in [0.25, 0.3) is 5.91 Å². The molecule has 5 rings (SSSR count). The lowest BCUT2D eigenvalue weighted by Gasteiger charge is -2.19. The van der Waals surface area contributed by atoms with E-state index in [0.717, 1.165) is 29.8 Å². The fourth-order valence-corrected chi connectivity index (χ4v) is 4.31. The molecule has 1 aromatic carbocycles. The van der Waals surface area contributed by atoms with Crippen LogP contribution in [-0.4, -0.2) is 49.0 Å². The molecular weight excluding hydrogens is 384 g/mol. The Kier molecular flexibility index (Phi) is 4.61. The fraction of sp³-hybridized carbons (Fsp3) is 0.190. The monoisotopic (exact) mass is 402 g/mol. The third kappa shape index (κ3) is 3.42. The zero-order chi connectivity index (χ0) is 19.6. The molecule has 4 heterocycles. The highest BCUT2D eigenvalue weighted by Gasteiger charge is 2.25. The van der Waals surface area contributed by atoms with Crippen LogP contribution in [-0.2, 0) is 12.8 Å². The molecule has 1 N–H and O–H groups in total. The van der Waals surface area contributed by atoms with Gasteiger partial charge in [0.15, 0.2) is 10.8 Å². The van der Waals surface area contributed by atoms with Gasteiger partial charge in [0.2, 0.25) is 0 Å². The molecule has 4 aromatic rings. The number of thiazole rings is 1. The summed E-state index contributed by atoms with van der Waals surface area (Å²) in [6.45, 7) is 1.27. The highest BCUT2D eigenvalue weighted by atomic mass is 32.1. The lowest BCUT2D eigenvalue weighted by atomic mass is 10.0. The number of fused-ring (bicyclic) bond motifs is 1. The summed E-state index contributed by atoms with van der Waals surface area (Å²) in [5.74, 6) is 0.490. The van der Waals surface area contributed by atoms with Gasteiger partial charge in [-0.3, -0.25) is 9.89 Å². The van der Waals surface area contributed by atoms with Crippen molar-refractivity contribution in [3.63, 3.8) is 0 Å². The van der Waals surface area contributed by atoms with Gasteiger partial charge in [0.05, 0.1) is 5.69 Å². The van der Waals surface area contributed by atoms with E-state index in [0.29, 0.717) is 29.6 Å². The average molecular weight is 402 g/mol. The Bertz CT molecular complexity index is 1140. The molecule has 29 heavy (non-hydrogen) atoms. The van der Waals surface area contributed by atoms with Crippen molar-refractivity contribution in [1.29, 1.82) is 0 Å². The van der Waals surface area contributed by atoms with Gasteiger partial charge in [0, 0.05) is 54.1 Å². The maximum Gasteiger partial charge on any atom is 0.273 e. The number of nitrogens with one attached hydrogen (secondary N) is 1. The van der Waals surface area contributed by atoms with E-state index >= 15 is 0 Å². The number of hydrogen-bond acceptors (Lipinski definition) is 6. The van der Waals surface area contributed by atoms with Crippen LogP contribution < -0.4 is 0 Å². The Morgan fingerprint density at radius 2 is 1.83 bits per heavy atom. The smallest absolute Gasteiger partial charge is 0.273 e. The molecule has 1 aliphatic rings. The Hall–Kier alpha value is -3.39. The second-order valence-corrected chi connectivity index (χ2v) is 7.66. The molecule has 144 valence electrons. The van der Waals surface area contributed by atoms with Crippen molar-refractivity contribution in [2.24, 2.45) is 0 Å². The number of aromatic amines is 1. The maximum absolute atomic E-state index is 13.0. The summed E-state index contributed by atoms with van der Waals surface area (Å²) in [5, 5.41) is 10.1. The number of aromatic nitrogens is 5. The van der Waals surface area contributed by atoms with E-state index in [4.69, 9.17) is 0 Å². The van der Waals surface area contributed by atoms with Crippen molar-refractivity contribution in [3.05, 3.63) is 71.1 Å². The lowest BCUT2D eigenvalue weighted by Crippen LogP contribution is -2.33. The highest BCUT2D eigenvalue weighted by Crippen LogP contribution is 2.27. The highest BCUT2D eigenvalue weighted by molar-refractivity contribution is 7.13. The second kappa shape index (κ2) is 7.56. The number of nitrogens with zero attached hydrogens (tertiary/aromatic N) is 5. The van der Waals surface area contributed by atoms with Gasteiger partial charge in [-0.05, 0) is 12.5 Å². The quantitative estimate of drug-likeness (QED) is 0.568. The van der Waals surface area contributed by atoms with Crippen LogP contribution in [0, 0.1) is 0 Å². The minimum Gasteiger partial charge on any atom is -0.337 e. The van der Waals surface area contributed by atoms with E-state index in [1.165, 1.54) is 16.9 Å². The number of benzene rings is 1. The van der Waals surface area contributed by atoms with Crippen LogP contribution in [0.25, 0.3) is 22.1 Å². The van der Waals surface area contributed by atoms with E-state index < -0.39 is 0 Å². The van der Waals surface area contributed by atoms with Crippen molar-refractivity contribution in [3.8, 4) is 22.1 Å². The van der Waals surface area contributed by atoms with Gasteiger partial charge in [-0.25, -0.2) is 15.0 Å². The van der Waals surface area contributed by atoms with Gasteiger partial charge in [-0.1, -0.05) is 30.3 Å². The number of carbonyl (C=O) groups is 1. The first kappa shape index (κ1) is 17.7. The number of carbonyl (C=O) groups excluding carboxylic acids is 1. The Morgan fingerprint density at radius 3 is 2.66 bits per heavy atom. The predicted molar refractivity (Wildman–Crippen MR) is 110 cm³/mol. The summed E-state index contributed by atoms with van der Waals surface area (Å²) in [6.07, 6.45) is 4.86. The SMILES string of the molecule is O=C(c1csc(-c2ncccn2)n1)N1CCc2[nH]nc(-c3ccccc3)c2CC1. The molecule has 0 atom stereocenters. The topological polar surface area (TPSA) is 87.7 Å². The maximum atomic E-state index is 13.0. The van der Waals surface area contributed by atoms with Crippen molar-refractivity contribution < 1.29 is 4.79 Å². The minimum absolute atomic E-state index is 0.0530. The summed E-state index contributed by atoms with van der Waals surface area (Å²) in [5.41, 5.74) is 4.83. The Labute approximate surface area is 171 Å². The molecule has 8 heteroatoms. The van der Waals surface area contributed by atoms with E-state index in [-0.39, 0.29) is 5.91 Å². The number of amides is 1. The summed E-state index contributed by atoms with van der Waals surface area (Å²) < 4.78 is 0. The first-order chi connectivity index (χ1) is 14.3. The normalized spacial score (nSPS) is 13.7. The van der Waals surface area contributed by atoms with Gasteiger partial charge >= 0.3 is 0 Å². The first-order valence-corrected chi connectivity index (χ1v) is 10.3. The molecule has 0 saturated carbocycles. The summed E-state index contributed by atoms with van der Waals surface area (Å²) in [4.78, 5) is 27.8. The third-order valence-corrected chi connectivity index (χ3v) is 5.87. The lowest BCUT2D eigenvalue weighted by molar-refractivity contribution is 0.0758. The van der Waals surface area contributed by atoms with E-state index in [1.807, 2.05) is 23.1 Å².